The average Bonchev–Trinajstić information content (AvgIpc) is 2.90. The number of carbonyl (C=O) groups is 2. The summed E-state index contributed by atoms with van der Waals surface area (Å²) in [5.41, 5.74) is 4.16. The van der Waals surface area contributed by atoms with Gasteiger partial charge in [-0.15, -0.1) is 0 Å². The summed E-state index contributed by atoms with van der Waals surface area (Å²) < 4.78 is 16.6. The zero-order chi connectivity index (χ0) is 25.6. The molecule has 7 nitrogen and oxygen atoms in total. The van der Waals surface area contributed by atoms with Gasteiger partial charge in [0.1, 0.15) is 17.2 Å². The first-order valence-electron chi connectivity index (χ1n) is 12.2. The molecule has 3 rings (SSSR count). The molecule has 1 N–H and O–H groups in total. The van der Waals surface area contributed by atoms with Crippen LogP contribution in [-0.4, -0.2) is 31.3 Å². The monoisotopic (exact) mass is 488 g/mol. The molecule has 0 radical (unpaired) electrons. The average molecular weight is 489 g/mol. The van der Waals surface area contributed by atoms with Crippen LogP contribution in [0.3, 0.4) is 0 Å². The molecular weight excluding hydrogens is 456 g/mol. The summed E-state index contributed by atoms with van der Waals surface area (Å²) >= 11 is 0. The normalized spacial score (nSPS) is 10.7. The number of hydrogen-bond acceptors (Lipinski definition) is 6. The number of nitrogens with zero attached hydrogens (tertiary/aromatic N) is 1. The second kappa shape index (κ2) is 14.3. The standard InChI is InChI=1S/C29H32N2O5/c1-3-5-19-34-25-15-9-23(10-16-25)28(32)31-30-21-22-7-13-27(14-8-22)36-29(33)24-11-17-26(18-12-24)35-20-6-4-2/h7-18,21H,3-6,19-20H2,1-2H3,(H,31,32). The van der Waals surface area contributed by atoms with Gasteiger partial charge in [-0.25, -0.2) is 10.2 Å². The van der Waals surface area contributed by atoms with E-state index in [2.05, 4.69) is 24.4 Å². The molecule has 0 saturated heterocycles. The number of carbonyl (C=O) groups excluding carboxylic acids is 2. The van der Waals surface area contributed by atoms with Gasteiger partial charge in [0, 0.05) is 5.56 Å². The lowest BCUT2D eigenvalue weighted by atomic mass is 10.2. The molecule has 0 spiro atoms. The molecule has 36 heavy (non-hydrogen) atoms. The first-order chi connectivity index (χ1) is 17.6. The maximum atomic E-state index is 12.4. The minimum Gasteiger partial charge on any atom is -0.494 e. The Morgan fingerprint density at radius 1 is 0.722 bits per heavy atom. The molecule has 0 unspecified atom stereocenters. The summed E-state index contributed by atoms with van der Waals surface area (Å²) in [6.07, 6.45) is 5.62. The lowest BCUT2D eigenvalue weighted by molar-refractivity contribution is 0.0734. The topological polar surface area (TPSA) is 86.2 Å². The fourth-order valence-corrected chi connectivity index (χ4v) is 3.08. The number of ether oxygens (including phenoxy) is 3. The van der Waals surface area contributed by atoms with E-state index in [4.69, 9.17) is 14.2 Å². The van der Waals surface area contributed by atoms with Crippen LogP contribution in [0.1, 0.15) is 65.8 Å². The quantitative estimate of drug-likeness (QED) is 0.104. The van der Waals surface area contributed by atoms with Gasteiger partial charge in [0.15, 0.2) is 0 Å². The van der Waals surface area contributed by atoms with E-state index >= 15 is 0 Å². The number of hydrazone groups is 1. The zero-order valence-electron chi connectivity index (χ0n) is 20.7. The van der Waals surface area contributed by atoms with Crippen molar-refractivity contribution in [3.63, 3.8) is 0 Å². The number of rotatable bonds is 13. The number of hydrogen-bond donors (Lipinski definition) is 1. The molecule has 0 saturated carbocycles. The molecule has 7 heteroatoms. The SMILES string of the molecule is CCCCOc1ccc(C(=O)NN=Cc2ccc(OC(=O)c3ccc(OCCCC)cc3)cc2)cc1. The van der Waals surface area contributed by atoms with Crippen LogP contribution in [0.5, 0.6) is 17.2 Å². The summed E-state index contributed by atoms with van der Waals surface area (Å²) in [6, 6.07) is 20.6. The zero-order valence-corrected chi connectivity index (χ0v) is 20.7. The van der Waals surface area contributed by atoms with Gasteiger partial charge >= 0.3 is 5.97 Å². The Labute approximate surface area is 212 Å². The minimum atomic E-state index is -0.453. The van der Waals surface area contributed by atoms with E-state index in [-0.39, 0.29) is 5.91 Å². The van der Waals surface area contributed by atoms with Crippen LogP contribution in [-0.2, 0) is 0 Å². The van der Waals surface area contributed by atoms with Gasteiger partial charge in [0.25, 0.3) is 5.91 Å². The predicted molar refractivity (Wildman–Crippen MR) is 140 cm³/mol. The molecule has 3 aromatic rings. The Hall–Kier alpha value is -4.13. The van der Waals surface area contributed by atoms with E-state index < -0.39 is 5.97 Å². The molecule has 0 aromatic heterocycles. The van der Waals surface area contributed by atoms with E-state index in [1.807, 2.05) is 0 Å². The van der Waals surface area contributed by atoms with Crippen molar-refractivity contribution in [1.82, 2.24) is 5.43 Å². The van der Waals surface area contributed by atoms with Gasteiger partial charge in [-0.05, 0) is 91.2 Å². The summed E-state index contributed by atoms with van der Waals surface area (Å²) in [6.45, 7) is 5.52. The predicted octanol–water partition coefficient (Wildman–Crippen LogP) is 6.03. The maximum absolute atomic E-state index is 12.4. The Balaban J connectivity index is 1.46. The summed E-state index contributed by atoms with van der Waals surface area (Å²) in [5, 5.41) is 4.00. The summed E-state index contributed by atoms with van der Waals surface area (Å²) in [7, 11) is 0. The molecule has 0 bridgehead atoms. The van der Waals surface area contributed by atoms with Gasteiger partial charge in [0.2, 0.25) is 0 Å². The van der Waals surface area contributed by atoms with Gasteiger partial charge < -0.3 is 14.2 Å². The number of benzene rings is 3. The van der Waals surface area contributed by atoms with Gasteiger partial charge in [0.05, 0.1) is 25.0 Å². The smallest absolute Gasteiger partial charge is 0.343 e. The van der Waals surface area contributed by atoms with Gasteiger partial charge in [-0.1, -0.05) is 26.7 Å². The lowest BCUT2D eigenvalue weighted by Crippen LogP contribution is -2.17. The van der Waals surface area contributed by atoms with Crippen molar-refractivity contribution in [3.8, 4) is 17.2 Å². The fourth-order valence-electron chi connectivity index (χ4n) is 3.08. The minimum absolute atomic E-state index is 0.321. The number of esters is 1. The Morgan fingerprint density at radius 3 is 1.75 bits per heavy atom. The Bertz CT molecular complexity index is 1120. The van der Waals surface area contributed by atoms with Crippen molar-refractivity contribution >= 4 is 18.1 Å². The van der Waals surface area contributed by atoms with Crippen LogP contribution in [0.25, 0.3) is 0 Å². The molecule has 0 fully saturated rings. The second-order valence-corrected chi connectivity index (χ2v) is 8.11. The van der Waals surface area contributed by atoms with Crippen LogP contribution in [0.2, 0.25) is 0 Å². The highest BCUT2D eigenvalue weighted by molar-refractivity contribution is 5.95. The lowest BCUT2D eigenvalue weighted by Gasteiger charge is -2.07. The van der Waals surface area contributed by atoms with Crippen LogP contribution in [0.4, 0.5) is 0 Å². The number of nitrogens with one attached hydrogen (secondary N) is 1. The van der Waals surface area contributed by atoms with Crippen LogP contribution in [0.15, 0.2) is 77.9 Å². The van der Waals surface area contributed by atoms with E-state index in [0.717, 1.165) is 42.7 Å². The number of amides is 1. The van der Waals surface area contributed by atoms with Gasteiger partial charge in [-0.3, -0.25) is 4.79 Å². The summed E-state index contributed by atoms with van der Waals surface area (Å²) in [4.78, 5) is 24.7. The molecule has 0 aliphatic heterocycles. The third kappa shape index (κ3) is 8.58. The third-order valence-electron chi connectivity index (χ3n) is 5.21. The highest BCUT2D eigenvalue weighted by Gasteiger charge is 2.09. The first kappa shape index (κ1) is 26.5. The van der Waals surface area contributed by atoms with Crippen molar-refractivity contribution < 1.29 is 23.8 Å². The molecule has 3 aromatic carbocycles. The summed E-state index contributed by atoms with van der Waals surface area (Å²) in [5.74, 6) is 1.09. The van der Waals surface area contributed by atoms with Crippen LogP contribution < -0.4 is 19.6 Å². The Morgan fingerprint density at radius 2 is 1.22 bits per heavy atom. The van der Waals surface area contributed by atoms with Gasteiger partial charge in [-0.2, -0.15) is 5.10 Å². The maximum Gasteiger partial charge on any atom is 0.343 e. The molecule has 0 aliphatic carbocycles. The molecule has 0 aliphatic rings. The third-order valence-corrected chi connectivity index (χ3v) is 5.21. The van der Waals surface area contributed by atoms with E-state index in [0.29, 0.717) is 30.1 Å². The van der Waals surface area contributed by atoms with E-state index in [1.54, 1.807) is 72.8 Å². The molecule has 0 heterocycles. The highest BCUT2D eigenvalue weighted by atomic mass is 16.5. The van der Waals surface area contributed by atoms with Crippen molar-refractivity contribution in [2.45, 2.75) is 39.5 Å². The van der Waals surface area contributed by atoms with E-state index in [9.17, 15) is 9.59 Å². The van der Waals surface area contributed by atoms with Crippen molar-refractivity contribution in [1.29, 1.82) is 0 Å². The van der Waals surface area contributed by atoms with Crippen molar-refractivity contribution in [3.05, 3.63) is 89.5 Å². The largest absolute Gasteiger partial charge is 0.494 e. The van der Waals surface area contributed by atoms with Crippen molar-refractivity contribution in [2.24, 2.45) is 5.10 Å². The molecule has 1 amide bonds. The second-order valence-electron chi connectivity index (χ2n) is 8.11. The fraction of sp³-hybridized carbons (Fsp3) is 0.276. The van der Waals surface area contributed by atoms with Crippen molar-refractivity contribution in [2.75, 3.05) is 13.2 Å². The molecular formula is C29H32N2O5. The molecule has 0 atom stereocenters. The first-order valence-corrected chi connectivity index (χ1v) is 12.2. The number of unbranched alkanes of at least 4 members (excludes halogenated alkanes) is 2. The van der Waals surface area contributed by atoms with Crippen LogP contribution in [0, 0.1) is 0 Å². The van der Waals surface area contributed by atoms with Crippen LogP contribution >= 0.6 is 0 Å². The van der Waals surface area contributed by atoms with E-state index in [1.165, 1.54) is 6.21 Å². The highest BCUT2D eigenvalue weighted by Crippen LogP contribution is 2.17. The Kier molecular flexibility index (Phi) is 10.5. The molecule has 188 valence electrons.